The lowest BCUT2D eigenvalue weighted by Gasteiger charge is -2.12. The van der Waals surface area contributed by atoms with E-state index in [4.69, 9.17) is 9.47 Å². The molecule has 0 atom stereocenters. The summed E-state index contributed by atoms with van der Waals surface area (Å²) in [5.41, 5.74) is 2.33. The van der Waals surface area contributed by atoms with Crippen LogP contribution in [-0.2, 0) is 17.6 Å². The number of ketones is 1. The van der Waals surface area contributed by atoms with Crippen molar-refractivity contribution in [2.45, 2.75) is 26.7 Å². The lowest BCUT2D eigenvalue weighted by atomic mass is 10.0. The number of benzene rings is 1. The van der Waals surface area contributed by atoms with Crippen molar-refractivity contribution < 1.29 is 14.3 Å². The summed E-state index contributed by atoms with van der Waals surface area (Å²) in [6, 6.07) is 4.09. The van der Waals surface area contributed by atoms with Gasteiger partial charge in [0.2, 0.25) is 5.78 Å². The first-order valence-corrected chi connectivity index (χ1v) is 5.67. The summed E-state index contributed by atoms with van der Waals surface area (Å²) in [6.45, 7) is 4.41. The number of hydrogen-bond donors (Lipinski definition) is 0. The van der Waals surface area contributed by atoms with E-state index >= 15 is 0 Å². The molecule has 0 spiro atoms. The average Bonchev–Trinajstić information content (AvgIpc) is 2.50. The molecule has 0 bridgehead atoms. The summed E-state index contributed by atoms with van der Waals surface area (Å²) in [5.74, 6) is 1.43. The first-order chi connectivity index (χ1) is 7.74. The topological polar surface area (TPSA) is 35.5 Å². The number of ether oxygens (including phenoxy) is 2. The van der Waals surface area contributed by atoms with E-state index in [-0.39, 0.29) is 19.0 Å². The van der Waals surface area contributed by atoms with E-state index in [2.05, 4.69) is 19.9 Å². The molecule has 3 heteroatoms. The van der Waals surface area contributed by atoms with E-state index in [9.17, 15) is 4.79 Å². The maximum absolute atomic E-state index is 11.3. The third-order valence-electron chi connectivity index (χ3n) is 2.75. The van der Waals surface area contributed by atoms with Crippen LogP contribution in [0.2, 0.25) is 0 Å². The Labute approximate surface area is 95.4 Å². The Hall–Kier alpha value is -1.51. The Bertz CT molecular complexity index is 410. The molecule has 0 saturated heterocycles. The van der Waals surface area contributed by atoms with E-state index in [1.54, 1.807) is 0 Å². The number of carbonyl (C=O) groups is 1. The molecular weight excluding hydrogens is 204 g/mol. The van der Waals surface area contributed by atoms with Gasteiger partial charge < -0.3 is 9.47 Å². The Morgan fingerprint density at radius 2 is 1.88 bits per heavy atom. The van der Waals surface area contributed by atoms with Gasteiger partial charge in [-0.05, 0) is 30.0 Å². The van der Waals surface area contributed by atoms with Gasteiger partial charge in [-0.2, -0.15) is 0 Å². The second-order valence-corrected chi connectivity index (χ2v) is 3.91. The highest BCUT2D eigenvalue weighted by Gasteiger charge is 2.18. The molecule has 0 N–H and O–H groups in total. The fourth-order valence-corrected chi connectivity index (χ4v) is 1.81. The van der Waals surface area contributed by atoms with Crippen LogP contribution in [0.4, 0.5) is 0 Å². The Morgan fingerprint density at radius 3 is 2.56 bits per heavy atom. The van der Waals surface area contributed by atoms with Crippen molar-refractivity contribution >= 4 is 5.78 Å². The average molecular weight is 220 g/mol. The minimum atomic E-state index is -0.0173. The van der Waals surface area contributed by atoms with E-state index < -0.39 is 0 Å². The normalized spacial score (nSPS) is 14.8. The molecule has 1 aromatic rings. The van der Waals surface area contributed by atoms with E-state index in [0.29, 0.717) is 5.75 Å². The highest BCUT2D eigenvalue weighted by Crippen LogP contribution is 2.34. The minimum absolute atomic E-state index is 0.0173. The summed E-state index contributed by atoms with van der Waals surface area (Å²) in [4.78, 5) is 11.3. The van der Waals surface area contributed by atoms with Crippen molar-refractivity contribution in [1.82, 2.24) is 0 Å². The van der Waals surface area contributed by atoms with Crippen LogP contribution >= 0.6 is 0 Å². The van der Waals surface area contributed by atoms with E-state index in [1.807, 2.05) is 6.07 Å². The van der Waals surface area contributed by atoms with Gasteiger partial charge in [0.05, 0.1) is 0 Å². The highest BCUT2D eigenvalue weighted by molar-refractivity contribution is 5.82. The lowest BCUT2D eigenvalue weighted by Crippen LogP contribution is -2.15. The first-order valence-electron chi connectivity index (χ1n) is 5.67. The van der Waals surface area contributed by atoms with Crippen molar-refractivity contribution in [3.63, 3.8) is 0 Å². The molecule has 0 saturated carbocycles. The van der Waals surface area contributed by atoms with Gasteiger partial charge in [-0.3, -0.25) is 4.79 Å². The van der Waals surface area contributed by atoms with Gasteiger partial charge in [0.1, 0.15) is 0 Å². The van der Waals surface area contributed by atoms with Crippen LogP contribution in [0.1, 0.15) is 25.0 Å². The molecule has 1 aromatic carbocycles. The molecule has 0 fully saturated rings. The van der Waals surface area contributed by atoms with Gasteiger partial charge in [-0.25, -0.2) is 0 Å². The van der Waals surface area contributed by atoms with Crippen molar-refractivity contribution in [2.75, 3.05) is 13.2 Å². The van der Waals surface area contributed by atoms with Gasteiger partial charge in [-0.1, -0.05) is 19.9 Å². The van der Waals surface area contributed by atoms with Gasteiger partial charge in [0.15, 0.2) is 24.7 Å². The standard InChI is InChI=1S/C13H16O3/c1-3-9-5-10(4-2)13-12(6-9)15-7-11(14)8-16-13/h5-6H,3-4,7-8H2,1-2H3. The van der Waals surface area contributed by atoms with Crippen LogP contribution in [0.5, 0.6) is 11.5 Å². The van der Waals surface area contributed by atoms with Crippen molar-refractivity contribution in [1.29, 1.82) is 0 Å². The first kappa shape index (κ1) is 11.0. The van der Waals surface area contributed by atoms with Crippen molar-refractivity contribution in [3.05, 3.63) is 23.3 Å². The predicted molar refractivity (Wildman–Crippen MR) is 61.2 cm³/mol. The molecule has 0 aromatic heterocycles. The second-order valence-electron chi connectivity index (χ2n) is 3.91. The lowest BCUT2D eigenvalue weighted by molar-refractivity contribution is -0.122. The molecule has 2 rings (SSSR count). The van der Waals surface area contributed by atoms with Gasteiger partial charge >= 0.3 is 0 Å². The number of hydrogen-bond acceptors (Lipinski definition) is 3. The molecule has 1 heterocycles. The minimum Gasteiger partial charge on any atom is -0.482 e. The van der Waals surface area contributed by atoms with Crippen LogP contribution in [0.25, 0.3) is 0 Å². The number of rotatable bonds is 2. The Kier molecular flexibility index (Phi) is 3.13. The third kappa shape index (κ3) is 2.03. The second kappa shape index (κ2) is 4.56. The molecule has 1 aliphatic rings. The predicted octanol–water partition coefficient (Wildman–Crippen LogP) is 2.15. The number of Topliss-reactive ketones (excluding diaryl/α,β-unsaturated/α-hetero) is 1. The quantitative estimate of drug-likeness (QED) is 0.766. The number of carbonyl (C=O) groups excluding carboxylic acids is 1. The molecule has 3 nitrogen and oxygen atoms in total. The summed E-state index contributed by atoms with van der Waals surface area (Å²) in [7, 11) is 0. The third-order valence-corrected chi connectivity index (χ3v) is 2.75. The number of aryl methyl sites for hydroxylation is 2. The van der Waals surface area contributed by atoms with E-state index in [1.165, 1.54) is 5.56 Å². The van der Waals surface area contributed by atoms with Crippen molar-refractivity contribution in [2.24, 2.45) is 0 Å². The van der Waals surface area contributed by atoms with Crippen LogP contribution in [0.15, 0.2) is 12.1 Å². The van der Waals surface area contributed by atoms with Crippen LogP contribution in [0, 0.1) is 0 Å². The summed E-state index contributed by atoms with van der Waals surface area (Å²) >= 11 is 0. The van der Waals surface area contributed by atoms with Crippen LogP contribution < -0.4 is 9.47 Å². The van der Waals surface area contributed by atoms with E-state index in [0.717, 1.165) is 24.2 Å². The molecule has 1 aliphatic heterocycles. The maximum atomic E-state index is 11.3. The molecular formula is C13H16O3. The summed E-state index contributed by atoms with van der Waals surface area (Å²) < 4.78 is 11.0. The largest absolute Gasteiger partial charge is 0.482 e. The highest BCUT2D eigenvalue weighted by atomic mass is 16.5. The van der Waals surface area contributed by atoms with Crippen LogP contribution in [-0.4, -0.2) is 19.0 Å². The number of fused-ring (bicyclic) bond motifs is 1. The zero-order chi connectivity index (χ0) is 11.5. The zero-order valence-electron chi connectivity index (χ0n) is 9.71. The monoisotopic (exact) mass is 220 g/mol. The molecule has 0 aliphatic carbocycles. The fraction of sp³-hybridized carbons (Fsp3) is 0.462. The summed E-state index contributed by atoms with van der Waals surface area (Å²) in [5, 5.41) is 0. The summed E-state index contributed by atoms with van der Waals surface area (Å²) in [6.07, 6.45) is 1.84. The van der Waals surface area contributed by atoms with Gasteiger partial charge in [0, 0.05) is 0 Å². The zero-order valence-corrected chi connectivity index (χ0v) is 9.71. The Morgan fingerprint density at radius 1 is 1.12 bits per heavy atom. The van der Waals surface area contributed by atoms with Gasteiger partial charge in [-0.15, -0.1) is 0 Å². The fourth-order valence-electron chi connectivity index (χ4n) is 1.81. The van der Waals surface area contributed by atoms with Crippen LogP contribution in [0.3, 0.4) is 0 Å². The Balaban J connectivity index is 2.44. The van der Waals surface area contributed by atoms with Crippen molar-refractivity contribution in [3.8, 4) is 11.5 Å². The SMILES string of the molecule is CCc1cc(CC)c2c(c1)OCC(=O)CO2. The molecule has 16 heavy (non-hydrogen) atoms. The smallest absolute Gasteiger partial charge is 0.207 e. The molecule has 86 valence electrons. The maximum Gasteiger partial charge on any atom is 0.207 e. The molecule has 0 amide bonds. The van der Waals surface area contributed by atoms with Gasteiger partial charge in [0.25, 0.3) is 0 Å². The molecule has 0 unspecified atom stereocenters. The molecule has 0 radical (unpaired) electrons.